The summed E-state index contributed by atoms with van der Waals surface area (Å²) < 4.78 is 25.0. The number of halogens is 2. The maximum Gasteiger partial charge on any atom is 0.407 e. The summed E-state index contributed by atoms with van der Waals surface area (Å²) in [6.07, 6.45) is 0.388. The summed E-state index contributed by atoms with van der Waals surface area (Å²) in [5.41, 5.74) is 6.72. The van der Waals surface area contributed by atoms with Gasteiger partial charge in [-0.15, -0.1) is 0 Å². The van der Waals surface area contributed by atoms with E-state index in [1.165, 1.54) is 4.90 Å². The zero-order valence-electron chi connectivity index (χ0n) is 19.4. The number of hydrogen-bond donors (Lipinski definition) is 3. The molecule has 0 radical (unpaired) electrons. The summed E-state index contributed by atoms with van der Waals surface area (Å²) in [6.45, 7) is 1.94. The minimum Gasteiger partial charge on any atom is -0.667 e. The number of amides is 3. The molecule has 12 heteroatoms. The van der Waals surface area contributed by atoms with Gasteiger partial charge in [-0.2, -0.15) is 5.26 Å². The number of benzene rings is 1. The van der Waals surface area contributed by atoms with E-state index in [4.69, 9.17) is 16.1 Å². The van der Waals surface area contributed by atoms with Crippen LogP contribution in [-0.2, 0) is 9.59 Å². The van der Waals surface area contributed by atoms with Crippen molar-refractivity contribution < 1.29 is 28.3 Å². The van der Waals surface area contributed by atoms with Gasteiger partial charge in [0.05, 0.1) is 12.7 Å². The first-order chi connectivity index (χ1) is 16.4. The van der Waals surface area contributed by atoms with Crippen molar-refractivity contribution in [3.8, 4) is 6.07 Å². The molecule has 1 saturated carbocycles. The Hall–Kier alpha value is -3.46. The Kier molecular flexibility index (Phi) is 7.50. The highest BCUT2D eigenvalue weighted by atomic mass is 19.3. The lowest BCUT2D eigenvalue weighted by Crippen LogP contribution is -2.57. The van der Waals surface area contributed by atoms with Crippen LogP contribution in [0.4, 0.5) is 19.3 Å². The maximum atomic E-state index is 12.5. The van der Waals surface area contributed by atoms with Crippen LogP contribution in [0.2, 0.25) is 0 Å². The molecule has 1 aromatic rings. The van der Waals surface area contributed by atoms with Gasteiger partial charge in [0.2, 0.25) is 17.7 Å². The fraction of sp³-hybridized carbons (Fsp3) is 0.565. The molecule has 1 spiro atoms. The highest BCUT2D eigenvalue weighted by Crippen LogP contribution is 2.36. The number of nitrogens with one attached hydrogen (secondary N) is 3. The van der Waals surface area contributed by atoms with E-state index in [2.05, 4.69) is 15.5 Å². The van der Waals surface area contributed by atoms with Gasteiger partial charge in [-0.3, -0.25) is 9.59 Å². The monoisotopic (exact) mass is 491 g/mol. The minimum atomic E-state index is -3.03. The molecule has 1 atom stereocenters. The third-order valence-corrected chi connectivity index (χ3v) is 6.47. The zero-order valence-corrected chi connectivity index (χ0v) is 19.4. The Morgan fingerprint density at radius 3 is 2.34 bits per heavy atom. The largest absolute Gasteiger partial charge is 0.667 e. The summed E-state index contributed by atoms with van der Waals surface area (Å²) in [5.74, 6) is -3.82. The van der Waals surface area contributed by atoms with Crippen LogP contribution in [0.25, 0.3) is 5.73 Å². The average molecular weight is 492 g/mol. The van der Waals surface area contributed by atoms with Gasteiger partial charge in [0, 0.05) is 25.2 Å². The minimum absolute atomic E-state index is 0.00592. The predicted molar refractivity (Wildman–Crippen MR) is 123 cm³/mol. The normalized spacial score (nSPS) is 20.7. The fourth-order valence-corrected chi connectivity index (χ4v) is 4.26. The first-order valence-electron chi connectivity index (χ1n) is 11.3. The molecule has 0 bridgehead atoms. The molecule has 2 aliphatic heterocycles. The molecule has 190 valence electrons. The number of nitrogens with zero attached hydrogens (tertiary/aromatic N) is 3. The van der Waals surface area contributed by atoms with Gasteiger partial charge < -0.3 is 31.3 Å². The van der Waals surface area contributed by atoms with E-state index in [0.717, 1.165) is 5.69 Å². The highest BCUT2D eigenvalue weighted by molar-refractivity contribution is 5.93. The topological polar surface area (TPSA) is 150 Å². The van der Waals surface area contributed by atoms with E-state index in [0.29, 0.717) is 52.4 Å². The van der Waals surface area contributed by atoms with Gasteiger partial charge in [0.25, 0.3) is 0 Å². The van der Waals surface area contributed by atoms with E-state index in [-0.39, 0.29) is 5.91 Å². The third kappa shape index (κ3) is 6.16. The van der Waals surface area contributed by atoms with Crippen molar-refractivity contribution in [2.45, 2.75) is 62.1 Å². The van der Waals surface area contributed by atoms with Crippen molar-refractivity contribution in [2.24, 2.45) is 0 Å². The van der Waals surface area contributed by atoms with E-state index < -0.39 is 41.5 Å². The number of likely N-dealkylation sites (tertiary alicyclic amines) is 1. The van der Waals surface area contributed by atoms with Crippen LogP contribution in [0.5, 0.6) is 0 Å². The van der Waals surface area contributed by atoms with E-state index in [1.54, 1.807) is 0 Å². The molecule has 3 aliphatic rings. The van der Waals surface area contributed by atoms with E-state index in [1.807, 2.05) is 36.4 Å². The van der Waals surface area contributed by atoms with Gasteiger partial charge in [-0.05, 0) is 44.7 Å². The van der Waals surface area contributed by atoms with E-state index >= 15 is 0 Å². The number of rotatable bonds is 5. The smallest absolute Gasteiger partial charge is 0.407 e. The van der Waals surface area contributed by atoms with Gasteiger partial charge in [0.15, 0.2) is 0 Å². The molecule has 2 heterocycles. The number of carbonyl (C=O) groups excluding carboxylic acids is 2. The van der Waals surface area contributed by atoms with Crippen LogP contribution < -0.4 is 15.5 Å². The number of carbonyl (C=O) groups is 3. The first kappa shape index (κ1) is 26.2. The Labute approximate surface area is 202 Å². The summed E-state index contributed by atoms with van der Waals surface area (Å²) in [6, 6.07) is 10.2. The second-order valence-corrected chi connectivity index (χ2v) is 9.24. The summed E-state index contributed by atoms with van der Waals surface area (Å²) >= 11 is 0. The van der Waals surface area contributed by atoms with Gasteiger partial charge in [-0.25, -0.2) is 13.6 Å². The summed E-state index contributed by atoms with van der Waals surface area (Å²) in [4.78, 5) is 38.0. The van der Waals surface area contributed by atoms with Crippen LogP contribution in [0.15, 0.2) is 30.3 Å². The first-order valence-corrected chi connectivity index (χ1v) is 11.3. The molecule has 10 nitrogen and oxygen atoms in total. The molecule has 3 amide bonds. The number of alkyl halides is 2. The Balaban J connectivity index is 0.000000205. The van der Waals surface area contributed by atoms with Crippen LogP contribution in [0, 0.1) is 11.3 Å². The number of hydrogen-bond acceptors (Lipinski definition) is 5. The Morgan fingerprint density at radius 2 is 1.86 bits per heavy atom. The average Bonchev–Trinajstić information content (AvgIpc) is 3.52. The molecular formula is C23H29F2N6O4-. The fourth-order valence-electron chi connectivity index (χ4n) is 4.26. The molecule has 4 rings (SSSR count). The second-order valence-electron chi connectivity index (χ2n) is 9.24. The molecule has 1 aromatic carbocycles. The summed E-state index contributed by atoms with van der Waals surface area (Å²) in [7, 11) is 0. The third-order valence-electron chi connectivity index (χ3n) is 6.47. The van der Waals surface area contributed by atoms with Crippen molar-refractivity contribution in [3.63, 3.8) is 0 Å². The summed E-state index contributed by atoms with van der Waals surface area (Å²) in [5, 5.41) is 22.9. The lowest BCUT2D eigenvalue weighted by molar-refractivity contribution is -0.125. The van der Waals surface area contributed by atoms with E-state index in [9.17, 15) is 23.2 Å². The standard InChI is InChI=1S/C14H17N3O3.C9H12F2N3O/c18-12-14(6-8-16(9-7-14)13(19)20)17(10-15-12)11-4-2-1-3-5-11;1-8(10,11)4-6(13)7(15)14-9(5-12)2-3-9/h1-5H,6-10H2,(H,15,18)(H,19,20);6,13H,2-4H2,1H3,(H,14,15)/q;-1/t;6-/m.0/s1. The Morgan fingerprint density at radius 1 is 1.26 bits per heavy atom. The number of anilines is 1. The van der Waals surface area contributed by atoms with Gasteiger partial charge in [0.1, 0.15) is 11.1 Å². The lowest BCUT2D eigenvalue weighted by Gasteiger charge is -2.42. The lowest BCUT2D eigenvalue weighted by atomic mass is 9.86. The van der Waals surface area contributed by atoms with Crippen molar-refractivity contribution in [2.75, 3.05) is 24.7 Å². The SMILES string of the molecule is CC(F)(F)C[C@H]([NH-])C(=O)NC1(C#N)CC1.O=C(O)N1CCC2(CC1)C(=O)NCN2c1ccccc1. The molecule has 4 N–H and O–H groups in total. The van der Waals surface area contributed by atoms with Gasteiger partial charge >= 0.3 is 6.09 Å². The van der Waals surface area contributed by atoms with Crippen LogP contribution >= 0.6 is 0 Å². The van der Waals surface area contributed by atoms with Crippen molar-refractivity contribution in [1.82, 2.24) is 15.5 Å². The predicted octanol–water partition coefficient (Wildman–Crippen LogP) is 2.72. The molecule has 0 aromatic heterocycles. The molecule has 0 unspecified atom stereocenters. The second kappa shape index (κ2) is 10.0. The number of carboxylic acid groups (broad SMARTS) is 1. The highest BCUT2D eigenvalue weighted by Gasteiger charge is 2.50. The van der Waals surface area contributed by atoms with Crippen LogP contribution in [0.3, 0.4) is 0 Å². The number of piperidine rings is 1. The van der Waals surface area contributed by atoms with Crippen molar-refractivity contribution in [1.29, 1.82) is 5.26 Å². The van der Waals surface area contributed by atoms with Crippen LogP contribution in [0.1, 0.15) is 39.0 Å². The molecule has 1 aliphatic carbocycles. The molecule has 2 saturated heterocycles. The molecule has 35 heavy (non-hydrogen) atoms. The zero-order chi connectivity index (χ0) is 25.9. The van der Waals surface area contributed by atoms with Crippen LogP contribution in [-0.4, -0.2) is 70.7 Å². The number of para-hydroxylation sites is 1. The quantitative estimate of drug-likeness (QED) is 0.576. The van der Waals surface area contributed by atoms with Crippen molar-refractivity contribution >= 4 is 23.6 Å². The molecule has 3 fully saturated rings. The maximum absolute atomic E-state index is 12.5. The number of nitriles is 1. The Bertz CT molecular complexity index is 982. The van der Waals surface area contributed by atoms with Crippen molar-refractivity contribution in [3.05, 3.63) is 36.1 Å². The van der Waals surface area contributed by atoms with Gasteiger partial charge in [-0.1, -0.05) is 24.2 Å². The molecular weight excluding hydrogens is 462 g/mol.